The summed E-state index contributed by atoms with van der Waals surface area (Å²) in [6.07, 6.45) is 1.86. The summed E-state index contributed by atoms with van der Waals surface area (Å²) < 4.78 is 0. The van der Waals surface area contributed by atoms with Crippen molar-refractivity contribution in [3.05, 3.63) is 64.2 Å². The molecule has 2 aromatic rings. The zero-order valence-electron chi connectivity index (χ0n) is 14.8. The van der Waals surface area contributed by atoms with Gasteiger partial charge in [-0.15, -0.1) is 0 Å². The van der Waals surface area contributed by atoms with Crippen LogP contribution < -0.4 is 16.0 Å². The van der Waals surface area contributed by atoms with E-state index >= 15 is 0 Å². The summed E-state index contributed by atoms with van der Waals surface area (Å²) >= 11 is 0. The van der Waals surface area contributed by atoms with Gasteiger partial charge in [0.15, 0.2) is 0 Å². The second-order valence-corrected chi connectivity index (χ2v) is 6.46. The Balaban J connectivity index is 1.71. The number of hydrogen-bond donors (Lipinski definition) is 3. The van der Waals surface area contributed by atoms with Crippen molar-refractivity contribution in [3.8, 4) is 0 Å². The molecule has 27 heavy (non-hydrogen) atoms. The number of carbonyl (C=O) groups is 2. The number of rotatable bonds is 7. The van der Waals surface area contributed by atoms with E-state index in [0.29, 0.717) is 5.69 Å². The fourth-order valence-electron chi connectivity index (χ4n) is 2.51. The highest BCUT2D eigenvalue weighted by molar-refractivity contribution is 5.98. The van der Waals surface area contributed by atoms with Crippen molar-refractivity contribution < 1.29 is 14.5 Å². The molecule has 1 saturated carbocycles. The van der Waals surface area contributed by atoms with Gasteiger partial charge in [-0.3, -0.25) is 19.7 Å². The van der Waals surface area contributed by atoms with Gasteiger partial charge in [0.2, 0.25) is 5.91 Å². The first-order chi connectivity index (χ1) is 12.9. The van der Waals surface area contributed by atoms with Gasteiger partial charge < -0.3 is 16.0 Å². The molecule has 1 aliphatic carbocycles. The minimum atomic E-state index is -0.713. The summed E-state index contributed by atoms with van der Waals surface area (Å²) in [6.45, 7) is 1.61. The van der Waals surface area contributed by atoms with Crippen LogP contribution in [0.15, 0.2) is 48.5 Å². The molecule has 1 atom stereocenters. The van der Waals surface area contributed by atoms with E-state index in [4.69, 9.17) is 0 Å². The first-order valence-corrected chi connectivity index (χ1v) is 8.66. The molecule has 8 nitrogen and oxygen atoms in total. The number of nitro groups is 1. The lowest BCUT2D eigenvalue weighted by Gasteiger charge is -2.16. The molecule has 0 aromatic heterocycles. The van der Waals surface area contributed by atoms with Crippen molar-refractivity contribution in [2.24, 2.45) is 0 Å². The lowest BCUT2D eigenvalue weighted by atomic mass is 10.1. The van der Waals surface area contributed by atoms with Crippen molar-refractivity contribution in [2.45, 2.75) is 31.8 Å². The molecular weight excluding hydrogens is 348 g/mol. The molecule has 0 heterocycles. The van der Waals surface area contributed by atoms with E-state index in [2.05, 4.69) is 16.0 Å². The van der Waals surface area contributed by atoms with Crippen LogP contribution in [-0.4, -0.2) is 28.8 Å². The van der Waals surface area contributed by atoms with E-state index in [1.165, 1.54) is 18.2 Å². The van der Waals surface area contributed by atoms with Crippen molar-refractivity contribution >= 4 is 28.9 Å². The Hall–Kier alpha value is -3.42. The van der Waals surface area contributed by atoms with Gasteiger partial charge in [-0.2, -0.15) is 0 Å². The lowest BCUT2D eigenvalue weighted by molar-refractivity contribution is -0.384. The van der Waals surface area contributed by atoms with Gasteiger partial charge in [-0.05, 0) is 44.0 Å². The van der Waals surface area contributed by atoms with Crippen LogP contribution in [0, 0.1) is 10.1 Å². The molecule has 1 aliphatic rings. The first-order valence-electron chi connectivity index (χ1n) is 8.66. The molecule has 3 N–H and O–H groups in total. The van der Waals surface area contributed by atoms with E-state index in [-0.39, 0.29) is 34.8 Å². The largest absolute Gasteiger partial charge is 0.368 e. The van der Waals surface area contributed by atoms with Gasteiger partial charge in [0, 0.05) is 23.4 Å². The minimum Gasteiger partial charge on any atom is -0.368 e. The molecular formula is C19H20N4O4. The Morgan fingerprint density at radius 3 is 2.48 bits per heavy atom. The maximum absolute atomic E-state index is 12.3. The number of hydrogen-bond acceptors (Lipinski definition) is 5. The van der Waals surface area contributed by atoms with Crippen LogP contribution in [0.4, 0.5) is 17.1 Å². The second-order valence-electron chi connectivity index (χ2n) is 6.46. The molecule has 0 saturated heterocycles. The van der Waals surface area contributed by atoms with Gasteiger partial charge in [0.25, 0.3) is 11.6 Å². The van der Waals surface area contributed by atoms with Crippen LogP contribution in [0.5, 0.6) is 0 Å². The number of nitrogens with one attached hydrogen (secondary N) is 3. The SMILES string of the molecule is CC(Nc1ccc(C(=O)NC2CC2)cc1[N+](=O)[O-])C(=O)Nc1ccccc1. The Labute approximate surface area is 156 Å². The van der Waals surface area contributed by atoms with E-state index in [9.17, 15) is 19.7 Å². The van der Waals surface area contributed by atoms with E-state index in [0.717, 1.165) is 12.8 Å². The topological polar surface area (TPSA) is 113 Å². The molecule has 0 spiro atoms. The standard InChI is InChI=1S/C19H20N4O4/c1-12(18(24)21-14-5-3-2-4-6-14)20-16-10-7-13(11-17(16)23(26)27)19(25)22-15-8-9-15/h2-7,10-12,15,20H,8-9H2,1H3,(H,21,24)(H,22,25). The molecule has 0 bridgehead atoms. The average Bonchev–Trinajstić information content (AvgIpc) is 3.46. The number of carbonyl (C=O) groups excluding carboxylic acids is 2. The van der Waals surface area contributed by atoms with Crippen molar-refractivity contribution in [1.82, 2.24) is 5.32 Å². The molecule has 8 heteroatoms. The Kier molecular flexibility index (Phi) is 5.35. The predicted molar refractivity (Wildman–Crippen MR) is 102 cm³/mol. The van der Waals surface area contributed by atoms with Gasteiger partial charge >= 0.3 is 0 Å². The minimum absolute atomic E-state index is 0.163. The molecule has 0 radical (unpaired) electrons. The highest BCUT2D eigenvalue weighted by Crippen LogP contribution is 2.27. The average molecular weight is 368 g/mol. The first kappa shape index (κ1) is 18.4. The van der Waals surface area contributed by atoms with Crippen LogP contribution in [0.1, 0.15) is 30.1 Å². The third-order valence-electron chi connectivity index (χ3n) is 4.18. The normalized spacial score (nSPS) is 14.1. The van der Waals surface area contributed by atoms with Crippen molar-refractivity contribution in [3.63, 3.8) is 0 Å². The van der Waals surface area contributed by atoms with Gasteiger partial charge in [0.1, 0.15) is 11.7 Å². The van der Waals surface area contributed by atoms with E-state index in [1.807, 2.05) is 6.07 Å². The fraction of sp³-hybridized carbons (Fsp3) is 0.263. The van der Waals surface area contributed by atoms with Crippen molar-refractivity contribution in [2.75, 3.05) is 10.6 Å². The van der Waals surface area contributed by atoms with Crippen LogP contribution in [0.3, 0.4) is 0 Å². The summed E-state index contributed by atoms with van der Waals surface area (Å²) in [6, 6.07) is 12.6. The summed E-state index contributed by atoms with van der Waals surface area (Å²) in [5, 5.41) is 19.8. The number of nitrogens with zero attached hydrogens (tertiary/aromatic N) is 1. The summed E-state index contributed by atoms with van der Waals surface area (Å²) in [5.41, 5.74) is 0.787. The zero-order chi connectivity index (χ0) is 19.4. The van der Waals surface area contributed by atoms with Gasteiger partial charge in [-0.25, -0.2) is 0 Å². The Morgan fingerprint density at radius 2 is 1.85 bits per heavy atom. The Bertz CT molecular complexity index is 865. The highest BCUT2D eigenvalue weighted by Gasteiger charge is 2.26. The predicted octanol–water partition coefficient (Wildman–Crippen LogP) is 2.93. The maximum atomic E-state index is 12.3. The van der Waals surface area contributed by atoms with E-state index in [1.54, 1.807) is 31.2 Å². The number of amides is 2. The lowest BCUT2D eigenvalue weighted by Crippen LogP contribution is -2.32. The molecule has 3 rings (SSSR count). The van der Waals surface area contributed by atoms with E-state index < -0.39 is 11.0 Å². The third-order valence-corrected chi connectivity index (χ3v) is 4.18. The molecule has 1 fully saturated rings. The van der Waals surface area contributed by atoms with Gasteiger partial charge in [-0.1, -0.05) is 18.2 Å². The van der Waals surface area contributed by atoms with Crippen LogP contribution in [0.25, 0.3) is 0 Å². The number of nitro benzene ring substituents is 1. The fourth-order valence-corrected chi connectivity index (χ4v) is 2.51. The molecule has 0 aliphatic heterocycles. The summed E-state index contributed by atoms with van der Waals surface area (Å²) in [4.78, 5) is 35.2. The smallest absolute Gasteiger partial charge is 0.293 e. The second kappa shape index (κ2) is 7.86. The highest BCUT2D eigenvalue weighted by atomic mass is 16.6. The van der Waals surface area contributed by atoms with Gasteiger partial charge in [0.05, 0.1) is 4.92 Å². The summed E-state index contributed by atoms with van der Waals surface area (Å²) in [7, 11) is 0. The number of para-hydroxylation sites is 1. The zero-order valence-corrected chi connectivity index (χ0v) is 14.8. The number of anilines is 2. The Morgan fingerprint density at radius 1 is 1.15 bits per heavy atom. The quantitative estimate of drug-likeness (QED) is 0.514. The van der Waals surface area contributed by atoms with Crippen molar-refractivity contribution in [1.29, 1.82) is 0 Å². The molecule has 2 aromatic carbocycles. The van der Waals surface area contributed by atoms with Crippen LogP contribution in [0.2, 0.25) is 0 Å². The summed E-state index contributed by atoms with van der Waals surface area (Å²) in [5.74, 6) is -0.659. The monoisotopic (exact) mass is 368 g/mol. The van der Waals surface area contributed by atoms with Crippen LogP contribution >= 0.6 is 0 Å². The molecule has 2 amide bonds. The maximum Gasteiger partial charge on any atom is 0.293 e. The number of benzene rings is 2. The molecule has 140 valence electrons. The third kappa shape index (κ3) is 4.81. The van der Waals surface area contributed by atoms with Crippen LogP contribution in [-0.2, 0) is 4.79 Å². The molecule has 1 unspecified atom stereocenters.